The molecule has 1 aliphatic heterocycles. The maximum atomic E-state index is 12.2. The first-order chi connectivity index (χ1) is 12.4. The molecule has 1 atom stereocenters. The number of benzene rings is 2. The van der Waals surface area contributed by atoms with Crippen molar-refractivity contribution >= 4 is 11.9 Å². The molecule has 6 heteroatoms. The SMILES string of the molecule is Cc1cc(C)cc(C(=O)O[C@@H](C)C(=O)NCc2ccc3c(c2)OCO3)c1. The van der Waals surface area contributed by atoms with Gasteiger partial charge in [-0.1, -0.05) is 23.3 Å². The molecular weight excluding hydrogens is 334 g/mol. The summed E-state index contributed by atoms with van der Waals surface area (Å²) in [7, 11) is 0. The van der Waals surface area contributed by atoms with Crippen LogP contribution < -0.4 is 14.8 Å². The largest absolute Gasteiger partial charge is 0.454 e. The van der Waals surface area contributed by atoms with E-state index in [1.807, 2.05) is 32.0 Å². The first-order valence-electron chi connectivity index (χ1n) is 8.38. The molecule has 0 saturated heterocycles. The lowest BCUT2D eigenvalue weighted by Gasteiger charge is -2.14. The van der Waals surface area contributed by atoms with E-state index in [0.717, 1.165) is 16.7 Å². The lowest BCUT2D eigenvalue weighted by molar-refractivity contribution is -0.129. The molecule has 1 N–H and O–H groups in total. The summed E-state index contributed by atoms with van der Waals surface area (Å²) in [6.07, 6.45) is -0.891. The van der Waals surface area contributed by atoms with Gasteiger partial charge in [0.25, 0.3) is 5.91 Å². The van der Waals surface area contributed by atoms with Gasteiger partial charge in [0.1, 0.15) is 0 Å². The minimum atomic E-state index is -0.891. The predicted octanol–water partition coefficient (Wildman–Crippen LogP) is 2.89. The number of amides is 1. The summed E-state index contributed by atoms with van der Waals surface area (Å²) >= 11 is 0. The van der Waals surface area contributed by atoms with E-state index in [1.54, 1.807) is 25.1 Å². The molecule has 6 nitrogen and oxygen atoms in total. The van der Waals surface area contributed by atoms with Crippen LogP contribution >= 0.6 is 0 Å². The fourth-order valence-corrected chi connectivity index (χ4v) is 2.76. The maximum absolute atomic E-state index is 12.2. The number of rotatable bonds is 5. The monoisotopic (exact) mass is 355 g/mol. The summed E-state index contributed by atoms with van der Waals surface area (Å²) in [5.41, 5.74) is 3.25. The van der Waals surface area contributed by atoms with E-state index in [9.17, 15) is 9.59 Å². The van der Waals surface area contributed by atoms with Gasteiger partial charge in [-0.25, -0.2) is 4.79 Å². The Morgan fingerprint density at radius 1 is 1.08 bits per heavy atom. The Bertz CT molecular complexity index is 826. The first-order valence-corrected chi connectivity index (χ1v) is 8.38. The van der Waals surface area contributed by atoms with Gasteiger partial charge >= 0.3 is 5.97 Å². The van der Waals surface area contributed by atoms with Crippen molar-refractivity contribution in [1.82, 2.24) is 5.32 Å². The van der Waals surface area contributed by atoms with Crippen LogP contribution in [0.4, 0.5) is 0 Å². The summed E-state index contributed by atoms with van der Waals surface area (Å²) in [4.78, 5) is 24.4. The number of hydrogen-bond acceptors (Lipinski definition) is 5. The van der Waals surface area contributed by atoms with E-state index in [1.165, 1.54) is 0 Å². The van der Waals surface area contributed by atoms with E-state index >= 15 is 0 Å². The molecule has 0 fully saturated rings. The van der Waals surface area contributed by atoms with Crippen LogP contribution in [-0.4, -0.2) is 24.8 Å². The zero-order valence-corrected chi connectivity index (χ0v) is 15.0. The van der Waals surface area contributed by atoms with Crippen molar-refractivity contribution in [3.05, 3.63) is 58.7 Å². The Hall–Kier alpha value is -3.02. The number of ether oxygens (including phenoxy) is 3. The van der Waals surface area contributed by atoms with Crippen molar-refractivity contribution in [1.29, 1.82) is 0 Å². The third-order valence-electron chi connectivity index (χ3n) is 4.01. The van der Waals surface area contributed by atoms with Gasteiger partial charge in [0.15, 0.2) is 17.6 Å². The molecule has 0 bridgehead atoms. The highest BCUT2D eigenvalue weighted by atomic mass is 16.7. The number of carbonyl (C=O) groups excluding carboxylic acids is 2. The number of aryl methyl sites for hydroxylation is 2. The minimum absolute atomic E-state index is 0.205. The molecule has 1 amide bonds. The van der Waals surface area contributed by atoms with Crippen LogP contribution in [0.1, 0.15) is 34.0 Å². The highest BCUT2D eigenvalue weighted by molar-refractivity contribution is 5.92. The molecule has 0 aromatic heterocycles. The number of nitrogens with one attached hydrogen (secondary N) is 1. The van der Waals surface area contributed by atoms with Gasteiger partial charge in [-0.3, -0.25) is 4.79 Å². The number of esters is 1. The lowest BCUT2D eigenvalue weighted by atomic mass is 10.1. The Kier molecular flexibility index (Phi) is 5.11. The van der Waals surface area contributed by atoms with Gasteiger partial charge in [-0.05, 0) is 50.6 Å². The van der Waals surface area contributed by atoms with Gasteiger partial charge < -0.3 is 19.5 Å². The fraction of sp³-hybridized carbons (Fsp3) is 0.300. The van der Waals surface area contributed by atoms with Crippen LogP contribution in [0.25, 0.3) is 0 Å². The first kappa shape index (κ1) is 17.8. The Balaban J connectivity index is 1.55. The molecule has 1 aliphatic rings. The molecule has 0 radical (unpaired) electrons. The molecule has 0 saturated carbocycles. The predicted molar refractivity (Wildman–Crippen MR) is 95.2 cm³/mol. The summed E-state index contributed by atoms with van der Waals surface area (Å²) in [5, 5.41) is 2.76. The second-order valence-corrected chi connectivity index (χ2v) is 6.33. The number of fused-ring (bicyclic) bond motifs is 1. The second kappa shape index (κ2) is 7.47. The molecule has 0 unspecified atom stereocenters. The third kappa shape index (κ3) is 4.14. The van der Waals surface area contributed by atoms with Gasteiger partial charge in [0.05, 0.1) is 5.56 Å². The molecule has 0 spiro atoms. The average Bonchev–Trinajstić information content (AvgIpc) is 3.06. The normalized spacial score (nSPS) is 13.2. The van der Waals surface area contributed by atoms with E-state index in [0.29, 0.717) is 23.6 Å². The van der Waals surface area contributed by atoms with Crippen molar-refractivity contribution in [2.45, 2.75) is 33.4 Å². The number of hydrogen-bond donors (Lipinski definition) is 1. The van der Waals surface area contributed by atoms with Crippen LogP contribution in [-0.2, 0) is 16.1 Å². The van der Waals surface area contributed by atoms with Crippen molar-refractivity contribution < 1.29 is 23.8 Å². The smallest absolute Gasteiger partial charge is 0.338 e. The molecule has 2 aromatic rings. The van der Waals surface area contributed by atoms with Crippen LogP contribution in [0.15, 0.2) is 36.4 Å². The summed E-state index contributed by atoms with van der Waals surface area (Å²) in [6.45, 7) is 5.88. The van der Waals surface area contributed by atoms with Crippen LogP contribution in [0, 0.1) is 13.8 Å². The summed E-state index contributed by atoms with van der Waals surface area (Å²) in [6, 6.07) is 10.9. The van der Waals surface area contributed by atoms with Gasteiger partial charge in [0, 0.05) is 6.54 Å². The van der Waals surface area contributed by atoms with Crippen molar-refractivity contribution in [2.75, 3.05) is 6.79 Å². The zero-order chi connectivity index (χ0) is 18.7. The van der Waals surface area contributed by atoms with Crippen molar-refractivity contribution in [3.63, 3.8) is 0 Å². The molecule has 3 rings (SSSR count). The average molecular weight is 355 g/mol. The standard InChI is InChI=1S/C20H21NO5/c1-12-6-13(2)8-16(7-12)20(23)26-14(3)19(22)21-10-15-4-5-17-18(9-15)25-11-24-17/h4-9,14H,10-11H2,1-3H3,(H,21,22)/t14-/m0/s1. The van der Waals surface area contributed by atoms with Gasteiger partial charge in [-0.2, -0.15) is 0 Å². The summed E-state index contributed by atoms with van der Waals surface area (Å²) in [5.74, 6) is 0.477. The Labute approximate surface area is 152 Å². The Morgan fingerprint density at radius 2 is 1.77 bits per heavy atom. The van der Waals surface area contributed by atoms with E-state index < -0.39 is 12.1 Å². The highest BCUT2D eigenvalue weighted by Gasteiger charge is 2.19. The topological polar surface area (TPSA) is 73.9 Å². The number of carbonyl (C=O) groups is 2. The molecule has 136 valence electrons. The lowest BCUT2D eigenvalue weighted by Crippen LogP contribution is -2.35. The second-order valence-electron chi connectivity index (χ2n) is 6.33. The quantitative estimate of drug-likeness (QED) is 0.835. The molecule has 2 aromatic carbocycles. The minimum Gasteiger partial charge on any atom is -0.454 e. The third-order valence-corrected chi connectivity index (χ3v) is 4.01. The van der Waals surface area contributed by atoms with Crippen molar-refractivity contribution in [2.24, 2.45) is 0 Å². The molecule has 1 heterocycles. The maximum Gasteiger partial charge on any atom is 0.338 e. The molecular formula is C20H21NO5. The zero-order valence-electron chi connectivity index (χ0n) is 15.0. The molecule has 26 heavy (non-hydrogen) atoms. The van der Waals surface area contributed by atoms with Crippen LogP contribution in [0.2, 0.25) is 0 Å². The van der Waals surface area contributed by atoms with Gasteiger partial charge in [-0.15, -0.1) is 0 Å². The van der Waals surface area contributed by atoms with E-state index in [4.69, 9.17) is 14.2 Å². The Morgan fingerprint density at radius 3 is 2.50 bits per heavy atom. The van der Waals surface area contributed by atoms with Gasteiger partial charge in [0.2, 0.25) is 6.79 Å². The van der Waals surface area contributed by atoms with Crippen LogP contribution in [0.5, 0.6) is 11.5 Å². The van der Waals surface area contributed by atoms with E-state index in [-0.39, 0.29) is 12.7 Å². The fourth-order valence-electron chi connectivity index (χ4n) is 2.76. The van der Waals surface area contributed by atoms with Crippen LogP contribution in [0.3, 0.4) is 0 Å². The summed E-state index contributed by atoms with van der Waals surface area (Å²) < 4.78 is 15.8. The highest BCUT2D eigenvalue weighted by Crippen LogP contribution is 2.32. The van der Waals surface area contributed by atoms with E-state index in [2.05, 4.69) is 5.32 Å². The van der Waals surface area contributed by atoms with Crippen molar-refractivity contribution in [3.8, 4) is 11.5 Å². The molecule has 0 aliphatic carbocycles.